The fourth-order valence-corrected chi connectivity index (χ4v) is 4.57. The summed E-state index contributed by atoms with van der Waals surface area (Å²) in [7, 11) is -4.01. The molecule has 0 spiro atoms. The highest BCUT2D eigenvalue weighted by Gasteiger charge is 2.31. The number of piperazine rings is 1. The number of furan rings is 1. The lowest BCUT2D eigenvalue weighted by molar-refractivity contribution is 0.177. The van der Waals surface area contributed by atoms with Gasteiger partial charge in [0.1, 0.15) is 16.5 Å². The van der Waals surface area contributed by atoms with Crippen LogP contribution in [0.3, 0.4) is 0 Å². The van der Waals surface area contributed by atoms with Gasteiger partial charge < -0.3 is 8.94 Å². The summed E-state index contributed by atoms with van der Waals surface area (Å²) < 4.78 is 63.9. The number of aromatic nitrogens is 1. The lowest BCUT2D eigenvalue weighted by atomic mass is 10.3. The highest BCUT2D eigenvalue weighted by Crippen LogP contribution is 2.23. The van der Waals surface area contributed by atoms with Gasteiger partial charge in [-0.2, -0.15) is 4.31 Å². The smallest absolute Gasteiger partial charge is 0.246 e. The fourth-order valence-electron chi connectivity index (χ4n) is 3.10. The van der Waals surface area contributed by atoms with E-state index in [0.29, 0.717) is 42.9 Å². The summed E-state index contributed by atoms with van der Waals surface area (Å²) in [6.07, 6.45) is 1.54. The minimum Gasteiger partial charge on any atom is -0.461 e. The van der Waals surface area contributed by atoms with Gasteiger partial charge in [0.2, 0.25) is 15.8 Å². The number of benzene rings is 1. The molecule has 10 heteroatoms. The molecule has 0 saturated carbocycles. The Morgan fingerprint density at radius 2 is 1.82 bits per heavy atom. The van der Waals surface area contributed by atoms with Crippen molar-refractivity contribution in [2.24, 2.45) is 0 Å². The first kappa shape index (κ1) is 18.8. The summed E-state index contributed by atoms with van der Waals surface area (Å²) in [4.78, 5) is 1.51. The molecule has 4 rings (SSSR count). The van der Waals surface area contributed by atoms with Crippen molar-refractivity contribution in [3.63, 3.8) is 0 Å². The van der Waals surface area contributed by atoms with Crippen LogP contribution in [0.1, 0.15) is 5.69 Å². The lowest BCUT2D eigenvalue weighted by Gasteiger charge is -2.33. The second kappa shape index (κ2) is 7.46. The van der Waals surface area contributed by atoms with Crippen LogP contribution in [-0.2, 0) is 16.6 Å². The van der Waals surface area contributed by atoms with Crippen LogP contribution in [0.25, 0.3) is 11.5 Å². The van der Waals surface area contributed by atoms with Crippen LogP contribution in [0.5, 0.6) is 0 Å². The average molecular weight is 409 g/mol. The summed E-state index contributed by atoms with van der Waals surface area (Å²) in [5.74, 6) is -0.803. The zero-order chi connectivity index (χ0) is 19.7. The van der Waals surface area contributed by atoms with Gasteiger partial charge in [0, 0.05) is 44.9 Å². The third-order valence-corrected chi connectivity index (χ3v) is 6.48. The van der Waals surface area contributed by atoms with Crippen LogP contribution >= 0.6 is 0 Å². The number of nitrogens with zero attached hydrogens (tertiary/aromatic N) is 3. The summed E-state index contributed by atoms with van der Waals surface area (Å²) in [5, 5.41) is 4.01. The number of hydrogen-bond donors (Lipinski definition) is 0. The highest BCUT2D eigenvalue weighted by molar-refractivity contribution is 7.89. The zero-order valence-electron chi connectivity index (χ0n) is 14.7. The molecule has 3 heterocycles. The molecular formula is C18H17F2N3O4S. The van der Waals surface area contributed by atoms with Gasteiger partial charge in [-0.25, -0.2) is 17.2 Å². The van der Waals surface area contributed by atoms with Crippen LogP contribution in [-0.4, -0.2) is 49.0 Å². The van der Waals surface area contributed by atoms with E-state index in [1.165, 1.54) is 4.31 Å². The Balaban J connectivity index is 1.39. The first-order valence-corrected chi connectivity index (χ1v) is 10.0. The molecule has 1 fully saturated rings. The molecule has 7 nitrogen and oxygen atoms in total. The maximum Gasteiger partial charge on any atom is 0.246 e. The van der Waals surface area contributed by atoms with E-state index in [4.69, 9.17) is 8.94 Å². The van der Waals surface area contributed by atoms with Crippen LogP contribution in [0.2, 0.25) is 0 Å². The monoisotopic (exact) mass is 409 g/mol. The van der Waals surface area contributed by atoms with Gasteiger partial charge in [-0.15, -0.1) is 0 Å². The SMILES string of the molecule is O=S(=O)(c1ccc(F)cc1F)N1CCN(Cc2cc(-c3ccco3)on2)CC1. The van der Waals surface area contributed by atoms with Crippen molar-refractivity contribution in [2.45, 2.75) is 11.4 Å². The molecule has 0 N–H and O–H groups in total. The first-order valence-electron chi connectivity index (χ1n) is 8.60. The Morgan fingerprint density at radius 1 is 1.04 bits per heavy atom. The number of rotatable bonds is 5. The molecular weight excluding hydrogens is 392 g/mol. The van der Waals surface area contributed by atoms with E-state index in [2.05, 4.69) is 5.16 Å². The Kier molecular flexibility index (Phi) is 5.00. The van der Waals surface area contributed by atoms with Gasteiger partial charge in [0.25, 0.3) is 0 Å². The molecule has 0 amide bonds. The third kappa shape index (κ3) is 3.71. The molecule has 1 aliphatic rings. The molecule has 1 saturated heterocycles. The number of sulfonamides is 1. The van der Waals surface area contributed by atoms with Crippen LogP contribution in [0.4, 0.5) is 8.78 Å². The van der Waals surface area contributed by atoms with E-state index in [-0.39, 0.29) is 13.1 Å². The van der Waals surface area contributed by atoms with E-state index in [9.17, 15) is 17.2 Å². The van der Waals surface area contributed by atoms with Gasteiger partial charge in [0.05, 0.1) is 12.0 Å². The molecule has 1 aromatic carbocycles. The zero-order valence-corrected chi connectivity index (χ0v) is 15.5. The van der Waals surface area contributed by atoms with Crippen LogP contribution in [0.15, 0.2) is 56.5 Å². The Labute approximate surface area is 160 Å². The Morgan fingerprint density at radius 3 is 2.50 bits per heavy atom. The molecule has 0 atom stereocenters. The van der Waals surface area contributed by atoms with Crippen molar-refractivity contribution in [3.05, 3.63) is 60.0 Å². The molecule has 28 heavy (non-hydrogen) atoms. The normalized spacial score (nSPS) is 16.5. The lowest BCUT2D eigenvalue weighted by Crippen LogP contribution is -2.48. The molecule has 1 aliphatic heterocycles. The number of hydrogen-bond acceptors (Lipinski definition) is 6. The second-order valence-corrected chi connectivity index (χ2v) is 8.32. The van der Waals surface area contributed by atoms with Crippen molar-refractivity contribution in [1.82, 2.24) is 14.4 Å². The molecule has 0 unspecified atom stereocenters. The summed E-state index contributed by atoms with van der Waals surface area (Å²) >= 11 is 0. The van der Waals surface area contributed by atoms with E-state index in [1.807, 2.05) is 4.90 Å². The molecule has 0 aliphatic carbocycles. The molecule has 0 bridgehead atoms. The van der Waals surface area contributed by atoms with E-state index >= 15 is 0 Å². The van der Waals surface area contributed by atoms with Crippen molar-refractivity contribution in [2.75, 3.05) is 26.2 Å². The van der Waals surface area contributed by atoms with E-state index in [0.717, 1.165) is 12.1 Å². The maximum atomic E-state index is 13.9. The fraction of sp³-hybridized carbons (Fsp3) is 0.278. The topological polar surface area (TPSA) is 79.8 Å². The largest absolute Gasteiger partial charge is 0.461 e. The number of halogens is 2. The van der Waals surface area contributed by atoms with Gasteiger partial charge >= 0.3 is 0 Å². The van der Waals surface area contributed by atoms with E-state index in [1.54, 1.807) is 24.5 Å². The van der Waals surface area contributed by atoms with Crippen molar-refractivity contribution in [3.8, 4) is 11.5 Å². The summed E-state index contributed by atoms with van der Waals surface area (Å²) in [5.41, 5.74) is 0.701. The standard InChI is InChI=1S/C18H17F2N3O4S/c19-13-3-4-18(15(20)10-13)28(24,25)23-7-5-22(6-8-23)12-14-11-17(27-21-14)16-2-1-9-26-16/h1-4,9-11H,5-8,12H2. The third-order valence-electron chi connectivity index (χ3n) is 4.55. The predicted molar refractivity (Wildman–Crippen MR) is 94.6 cm³/mol. The first-order chi connectivity index (χ1) is 13.4. The van der Waals surface area contributed by atoms with Gasteiger partial charge in [-0.1, -0.05) is 5.16 Å². The predicted octanol–water partition coefficient (Wildman–Crippen LogP) is 2.72. The molecule has 0 radical (unpaired) electrons. The summed E-state index contributed by atoms with van der Waals surface area (Å²) in [6, 6.07) is 7.76. The highest BCUT2D eigenvalue weighted by atomic mass is 32.2. The van der Waals surface area contributed by atoms with Gasteiger partial charge in [0.15, 0.2) is 5.76 Å². The quantitative estimate of drug-likeness (QED) is 0.645. The minimum atomic E-state index is -4.01. The Bertz CT molecular complexity index is 1060. The molecule has 2 aromatic heterocycles. The van der Waals surface area contributed by atoms with Crippen molar-refractivity contribution >= 4 is 10.0 Å². The van der Waals surface area contributed by atoms with Gasteiger partial charge in [-0.3, -0.25) is 4.90 Å². The summed E-state index contributed by atoms with van der Waals surface area (Å²) in [6.45, 7) is 1.78. The van der Waals surface area contributed by atoms with Crippen LogP contribution in [0, 0.1) is 11.6 Å². The van der Waals surface area contributed by atoms with E-state index < -0.39 is 26.6 Å². The second-order valence-electron chi connectivity index (χ2n) is 6.41. The average Bonchev–Trinajstić information content (AvgIpc) is 3.33. The minimum absolute atomic E-state index is 0.196. The van der Waals surface area contributed by atoms with Crippen LogP contribution < -0.4 is 0 Å². The maximum absolute atomic E-state index is 13.9. The Hall–Kier alpha value is -2.56. The van der Waals surface area contributed by atoms with Crippen molar-refractivity contribution < 1.29 is 26.1 Å². The van der Waals surface area contributed by atoms with Crippen molar-refractivity contribution in [1.29, 1.82) is 0 Å². The molecule has 3 aromatic rings. The molecule has 148 valence electrons. The van der Waals surface area contributed by atoms with Gasteiger partial charge in [-0.05, 0) is 24.3 Å².